The number of nitrogens with one attached hydrogen (secondary N) is 1. The van der Waals surface area contributed by atoms with Crippen LogP contribution in [0, 0.1) is 0 Å². The van der Waals surface area contributed by atoms with E-state index in [0.29, 0.717) is 48.5 Å². The lowest BCUT2D eigenvalue weighted by Crippen LogP contribution is -2.37. The van der Waals surface area contributed by atoms with Crippen LogP contribution in [0.4, 0.5) is 0 Å². The SMILES string of the molecule is CCCC(C)N1C(=O)c2cccc(OC/C(N)=C/N(N)CCCCN)c2C1=O.O=CNC=O. The van der Waals surface area contributed by atoms with E-state index in [4.69, 9.17) is 31.6 Å². The lowest BCUT2D eigenvalue weighted by Gasteiger charge is -2.21. The van der Waals surface area contributed by atoms with Crippen LogP contribution in [0.3, 0.4) is 0 Å². The first-order valence-corrected chi connectivity index (χ1v) is 10.8. The highest BCUT2D eigenvalue weighted by Gasteiger charge is 2.40. The first-order chi connectivity index (χ1) is 15.8. The molecule has 0 fully saturated rings. The number of hydrogen-bond donors (Lipinski definition) is 4. The Hall–Kier alpha value is -3.44. The molecule has 4 amide bonds. The van der Waals surface area contributed by atoms with Crippen LogP contribution in [-0.4, -0.2) is 60.3 Å². The number of carbonyl (C=O) groups is 4. The minimum atomic E-state index is -0.318. The predicted molar refractivity (Wildman–Crippen MR) is 124 cm³/mol. The third-order valence-electron chi connectivity index (χ3n) is 4.79. The van der Waals surface area contributed by atoms with E-state index in [1.54, 1.807) is 29.7 Å². The van der Waals surface area contributed by atoms with Gasteiger partial charge in [0, 0.05) is 18.8 Å². The van der Waals surface area contributed by atoms with E-state index in [0.717, 1.165) is 25.7 Å². The van der Waals surface area contributed by atoms with E-state index in [-0.39, 0.29) is 24.5 Å². The number of carbonyl (C=O) groups excluding carboxylic acids is 4. The third kappa shape index (κ3) is 8.20. The molecule has 7 N–H and O–H groups in total. The minimum Gasteiger partial charge on any atom is -0.486 e. The zero-order valence-corrected chi connectivity index (χ0v) is 19.2. The highest BCUT2D eigenvalue weighted by atomic mass is 16.5. The summed E-state index contributed by atoms with van der Waals surface area (Å²) in [7, 11) is 0. The first kappa shape index (κ1) is 27.6. The number of nitrogens with zero attached hydrogens (tertiary/aromatic N) is 2. The monoisotopic (exact) mass is 462 g/mol. The molecule has 1 aliphatic heterocycles. The van der Waals surface area contributed by atoms with E-state index in [2.05, 4.69) is 0 Å². The van der Waals surface area contributed by atoms with Gasteiger partial charge in [0.15, 0.2) is 0 Å². The van der Waals surface area contributed by atoms with E-state index in [1.807, 2.05) is 13.8 Å². The van der Waals surface area contributed by atoms with Gasteiger partial charge in [-0.15, -0.1) is 0 Å². The summed E-state index contributed by atoms with van der Waals surface area (Å²) in [5.41, 5.74) is 12.5. The van der Waals surface area contributed by atoms with Crippen molar-refractivity contribution >= 4 is 24.6 Å². The molecule has 11 nitrogen and oxygen atoms in total. The maximum absolute atomic E-state index is 12.9. The summed E-state index contributed by atoms with van der Waals surface area (Å²) < 4.78 is 5.75. The molecule has 11 heteroatoms. The van der Waals surface area contributed by atoms with Gasteiger partial charge in [-0.3, -0.25) is 24.1 Å². The molecule has 0 aromatic heterocycles. The van der Waals surface area contributed by atoms with Crippen molar-refractivity contribution in [2.75, 3.05) is 19.7 Å². The second kappa shape index (κ2) is 14.6. The van der Waals surface area contributed by atoms with Crippen molar-refractivity contribution in [2.45, 2.75) is 45.6 Å². The van der Waals surface area contributed by atoms with Crippen LogP contribution < -0.4 is 27.4 Å². The average molecular weight is 463 g/mol. The van der Waals surface area contributed by atoms with E-state index in [1.165, 1.54) is 9.91 Å². The molecule has 1 atom stereocenters. The van der Waals surface area contributed by atoms with E-state index in [9.17, 15) is 9.59 Å². The Balaban J connectivity index is 0.000000981. The molecule has 0 spiro atoms. The first-order valence-electron chi connectivity index (χ1n) is 10.8. The lowest BCUT2D eigenvalue weighted by molar-refractivity contribution is -0.117. The van der Waals surface area contributed by atoms with Gasteiger partial charge < -0.3 is 26.5 Å². The fourth-order valence-electron chi connectivity index (χ4n) is 3.28. The summed E-state index contributed by atoms with van der Waals surface area (Å²) in [6.45, 7) is 5.22. The quantitative estimate of drug-likeness (QED) is 0.107. The highest BCUT2D eigenvalue weighted by Crippen LogP contribution is 2.33. The normalized spacial score (nSPS) is 13.6. The molecule has 1 unspecified atom stereocenters. The standard InChI is InChI=1S/C20H31N5O3.C2H3NO2/c1-3-7-14(2)25-19(26)16-8-6-9-17(18(16)20(25)27)28-13-15(22)12-24(23)11-5-4-10-21;4-1-3-2-5/h6,8-9,12,14H,3-5,7,10-11,13,21-23H2,1-2H3;1-2H,(H,3,4,5)/b15-12-;. The Morgan fingerprint density at radius 3 is 2.48 bits per heavy atom. The minimum absolute atomic E-state index is 0.0625. The molecule has 0 radical (unpaired) electrons. The number of imide groups is 2. The second-order valence-corrected chi connectivity index (χ2v) is 7.43. The number of unbranched alkanes of at least 4 members (excludes halogenated alkanes) is 1. The molecule has 2 rings (SSSR count). The van der Waals surface area contributed by atoms with Gasteiger partial charge in [-0.2, -0.15) is 0 Å². The molecule has 182 valence electrons. The molecule has 1 heterocycles. The van der Waals surface area contributed by atoms with Crippen LogP contribution in [0.5, 0.6) is 5.75 Å². The molecular formula is C22H34N6O5. The van der Waals surface area contributed by atoms with Crippen molar-refractivity contribution in [3.63, 3.8) is 0 Å². The van der Waals surface area contributed by atoms with Crippen LogP contribution in [0.15, 0.2) is 30.1 Å². The number of benzene rings is 1. The van der Waals surface area contributed by atoms with Crippen molar-refractivity contribution in [1.29, 1.82) is 0 Å². The van der Waals surface area contributed by atoms with Gasteiger partial charge in [-0.05, 0) is 44.9 Å². The number of hydrazine groups is 1. The number of rotatable bonds is 13. The molecule has 1 aliphatic rings. The fourth-order valence-corrected chi connectivity index (χ4v) is 3.28. The van der Waals surface area contributed by atoms with Crippen molar-refractivity contribution in [1.82, 2.24) is 15.2 Å². The van der Waals surface area contributed by atoms with Gasteiger partial charge in [0.2, 0.25) is 12.8 Å². The van der Waals surface area contributed by atoms with E-state index >= 15 is 0 Å². The Morgan fingerprint density at radius 2 is 1.91 bits per heavy atom. The lowest BCUT2D eigenvalue weighted by atomic mass is 10.1. The third-order valence-corrected chi connectivity index (χ3v) is 4.79. The summed E-state index contributed by atoms with van der Waals surface area (Å²) in [5, 5.41) is 3.24. The predicted octanol–water partition coefficient (Wildman–Crippen LogP) is 0.454. The number of ether oxygens (including phenoxy) is 1. The van der Waals surface area contributed by atoms with Crippen molar-refractivity contribution in [2.24, 2.45) is 17.3 Å². The number of hydrogen-bond acceptors (Lipinski definition) is 9. The van der Waals surface area contributed by atoms with Gasteiger partial charge in [0.25, 0.3) is 11.8 Å². The highest BCUT2D eigenvalue weighted by molar-refractivity contribution is 6.22. The molecule has 33 heavy (non-hydrogen) atoms. The molecule has 0 aliphatic carbocycles. The van der Waals surface area contributed by atoms with Gasteiger partial charge in [0.1, 0.15) is 12.4 Å². The van der Waals surface area contributed by atoms with Crippen LogP contribution >= 0.6 is 0 Å². The maximum Gasteiger partial charge on any atom is 0.265 e. The second-order valence-electron chi connectivity index (χ2n) is 7.43. The van der Waals surface area contributed by atoms with Gasteiger partial charge in [-0.1, -0.05) is 19.4 Å². The van der Waals surface area contributed by atoms with Gasteiger partial charge in [0.05, 0.1) is 16.8 Å². The number of fused-ring (bicyclic) bond motifs is 1. The number of amides is 4. The van der Waals surface area contributed by atoms with Crippen LogP contribution in [0.25, 0.3) is 0 Å². The van der Waals surface area contributed by atoms with Crippen molar-refractivity contribution < 1.29 is 23.9 Å². The van der Waals surface area contributed by atoms with Gasteiger partial charge >= 0.3 is 0 Å². The maximum atomic E-state index is 12.9. The summed E-state index contributed by atoms with van der Waals surface area (Å²) >= 11 is 0. The topological polar surface area (TPSA) is 174 Å². The van der Waals surface area contributed by atoms with Crippen LogP contribution in [0.1, 0.15) is 60.2 Å². The largest absolute Gasteiger partial charge is 0.486 e. The van der Waals surface area contributed by atoms with Crippen molar-refractivity contribution in [3.8, 4) is 5.75 Å². The summed E-state index contributed by atoms with van der Waals surface area (Å²) in [4.78, 5) is 45.0. The summed E-state index contributed by atoms with van der Waals surface area (Å²) in [6.07, 6.45) is 5.62. The van der Waals surface area contributed by atoms with Crippen LogP contribution in [0.2, 0.25) is 0 Å². The zero-order chi connectivity index (χ0) is 24.8. The zero-order valence-electron chi connectivity index (χ0n) is 19.2. The van der Waals surface area contributed by atoms with E-state index < -0.39 is 0 Å². The molecule has 0 saturated heterocycles. The molecule has 0 saturated carbocycles. The van der Waals surface area contributed by atoms with Gasteiger partial charge in [-0.25, -0.2) is 5.84 Å². The molecule has 0 bridgehead atoms. The van der Waals surface area contributed by atoms with Crippen LogP contribution in [-0.2, 0) is 9.59 Å². The Kier molecular flexibility index (Phi) is 12.2. The molecular weight excluding hydrogens is 428 g/mol. The smallest absolute Gasteiger partial charge is 0.265 e. The average Bonchev–Trinajstić information content (AvgIpc) is 3.04. The Labute approximate surface area is 193 Å². The Bertz CT molecular complexity index is 839. The fraction of sp³-hybridized carbons (Fsp3) is 0.455. The number of nitrogens with two attached hydrogens (primary N) is 3. The molecule has 1 aromatic rings. The summed E-state index contributed by atoms with van der Waals surface area (Å²) in [6, 6.07) is 4.87. The Morgan fingerprint density at radius 1 is 1.21 bits per heavy atom. The van der Waals surface area contributed by atoms with Crippen molar-refractivity contribution in [3.05, 3.63) is 41.2 Å². The molecule has 1 aromatic carbocycles. The summed E-state index contributed by atoms with van der Waals surface area (Å²) in [5.74, 6) is 5.63.